The number of hydrogen-bond acceptors (Lipinski definition) is 4. The van der Waals surface area contributed by atoms with Gasteiger partial charge in [0.2, 0.25) is 0 Å². The molecule has 0 saturated carbocycles. The third-order valence-corrected chi connectivity index (χ3v) is 4.71. The minimum absolute atomic E-state index is 0.00310. The third kappa shape index (κ3) is 3.84. The van der Waals surface area contributed by atoms with Gasteiger partial charge in [-0.15, -0.1) is 0 Å². The van der Waals surface area contributed by atoms with E-state index in [9.17, 15) is 4.79 Å². The monoisotopic (exact) mass is 419 g/mol. The lowest BCUT2D eigenvalue weighted by Crippen LogP contribution is -2.37. The van der Waals surface area contributed by atoms with Gasteiger partial charge in [0.05, 0.1) is 25.9 Å². The van der Waals surface area contributed by atoms with Crippen molar-refractivity contribution in [3.05, 3.63) is 21.3 Å². The molecule has 0 aromatic heterocycles. The van der Waals surface area contributed by atoms with Crippen molar-refractivity contribution >= 4 is 28.5 Å². The van der Waals surface area contributed by atoms with Gasteiger partial charge in [0.1, 0.15) is 0 Å². The molecule has 1 atom stereocenters. The number of nitrogens with zero attached hydrogens (tertiary/aromatic N) is 1. The van der Waals surface area contributed by atoms with Gasteiger partial charge >= 0.3 is 0 Å². The topological polar surface area (TPSA) is 48.0 Å². The predicted molar refractivity (Wildman–Crippen MR) is 92.8 cm³/mol. The molecule has 5 nitrogen and oxygen atoms in total. The van der Waals surface area contributed by atoms with Crippen molar-refractivity contribution in [3.63, 3.8) is 0 Å². The molecule has 1 aromatic carbocycles. The van der Waals surface area contributed by atoms with E-state index < -0.39 is 0 Å². The summed E-state index contributed by atoms with van der Waals surface area (Å²) in [6.45, 7) is 4.08. The van der Waals surface area contributed by atoms with E-state index in [1.807, 2.05) is 17.9 Å². The van der Waals surface area contributed by atoms with Gasteiger partial charge in [0.15, 0.2) is 11.5 Å². The molecule has 1 aromatic rings. The Bertz CT molecular complexity index is 529. The lowest BCUT2D eigenvalue weighted by atomic mass is 10.1. The zero-order chi connectivity index (χ0) is 16.1. The fourth-order valence-electron chi connectivity index (χ4n) is 2.58. The first-order valence-electron chi connectivity index (χ1n) is 7.43. The Balaban J connectivity index is 2.22. The molecular weight excluding hydrogens is 397 g/mol. The van der Waals surface area contributed by atoms with E-state index in [1.165, 1.54) is 0 Å². The molecule has 1 amide bonds. The van der Waals surface area contributed by atoms with Crippen LogP contribution in [-0.4, -0.2) is 50.8 Å². The molecule has 1 heterocycles. The van der Waals surface area contributed by atoms with E-state index in [0.717, 1.165) is 23.0 Å². The first kappa shape index (κ1) is 17.3. The van der Waals surface area contributed by atoms with Gasteiger partial charge in [0.25, 0.3) is 5.91 Å². The maximum absolute atomic E-state index is 12.8. The number of hydrogen-bond donors (Lipinski definition) is 0. The maximum Gasteiger partial charge on any atom is 0.255 e. The highest BCUT2D eigenvalue weighted by atomic mass is 127. The molecule has 0 N–H and O–H groups in total. The van der Waals surface area contributed by atoms with E-state index >= 15 is 0 Å². The number of ether oxygens (including phenoxy) is 3. The van der Waals surface area contributed by atoms with E-state index in [0.29, 0.717) is 30.2 Å². The van der Waals surface area contributed by atoms with Crippen LogP contribution in [0.25, 0.3) is 0 Å². The molecule has 1 unspecified atom stereocenters. The van der Waals surface area contributed by atoms with Crippen molar-refractivity contribution < 1.29 is 19.0 Å². The van der Waals surface area contributed by atoms with Crippen LogP contribution in [0.2, 0.25) is 0 Å². The van der Waals surface area contributed by atoms with Gasteiger partial charge in [-0.05, 0) is 54.5 Å². The Morgan fingerprint density at radius 1 is 1.36 bits per heavy atom. The second kappa shape index (κ2) is 8.01. The van der Waals surface area contributed by atoms with Gasteiger partial charge in [-0.2, -0.15) is 0 Å². The van der Waals surface area contributed by atoms with E-state index in [2.05, 4.69) is 22.6 Å². The van der Waals surface area contributed by atoms with Crippen LogP contribution < -0.4 is 9.47 Å². The minimum Gasteiger partial charge on any atom is -0.493 e. The zero-order valence-corrected chi connectivity index (χ0v) is 15.4. The summed E-state index contributed by atoms with van der Waals surface area (Å²) in [7, 11) is 3.16. The highest BCUT2D eigenvalue weighted by molar-refractivity contribution is 14.1. The molecule has 1 fully saturated rings. The predicted octanol–water partition coefficient (Wildman–Crippen LogP) is 2.95. The van der Waals surface area contributed by atoms with Crippen LogP contribution in [-0.2, 0) is 4.74 Å². The van der Waals surface area contributed by atoms with E-state index in [-0.39, 0.29) is 12.0 Å². The Morgan fingerprint density at radius 3 is 2.59 bits per heavy atom. The number of benzene rings is 1. The Kier molecular flexibility index (Phi) is 6.31. The quantitative estimate of drug-likeness (QED) is 0.666. The number of amides is 1. The lowest BCUT2D eigenvalue weighted by molar-refractivity contribution is 0.0538. The van der Waals surface area contributed by atoms with Crippen LogP contribution in [0, 0.1) is 3.57 Å². The zero-order valence-electron chi connectivity index (χ0n) is 13.2. The molecule has 6 heteroatoms. The first-order valence-corrected chi connectivity index (χ1v) is 8.51. The number of carbonyl (C=O) groups is 1. The molecule has 1 aliphatic rings. The van der Waals surface area contributed by atoms with Gasteiger partial charge in [-0.25, -0.2) is 0 Å². The Morgan fingerprint density at radius 2 is 2.05 bits per heavy atom. The van der Waals surface area contributed by atoms with Gasteiger partial charge < -0.3 is 19.1 Å². The number of rotatable bonds is 6. The summed E-state index contributed by atoms with van der Waals surface area (Å²) in [5.74, 6) is 1.20. The Hall–Kier alpha value is -1.02. The van der Waals surface area contributed by atoms with Crippen LogP contribution >= 0.6 is 22.6 Å². The average Bonchev–Trinajstić information content (AvgIpc) is 3.04. The van der Waals surface area contributed by atoms with Crippen LogP contribution in [0.15, 0.2) is 12.1 Å². The summed E-state index contributed by atoms with van der Waals surface area (Å²) in [5, 5.41) is 0. The van der Waals surface area contributed by atoms with Crippen LogP contribution in [0.1, 0.15) is 30.1 Å². The number of likely N-dealkylation sites (N-methyl/N-ethyl adjacent to an activating group) is 1. The molecule has 22 heavy (non-hydrogen) atoms. The number of halogens is 1. The summed E-state index contributed by atoms with van der Waals surface area (Å²) in [5.41, 5.74) is 0.637. The highest BCUT2D eigenvalue weighted by Crippen LogP contribution is 2.32. The highest BCUT2D eigenvalue weighted by Gasteiger charge is 2.24. The van der Waals surface area contributed by atoms with Crippen molar-refractivity contribution in [2.45, 2.75) is 25.9 Å². The Labute approximate surface area is 145 Å². The van der Waals surface area contributed by atoms with Gasteiger partial charge in [-0.3, -0.25) is 4.79 Å². The van der Waals surface area contributed by atoms with Crippen molar-refractivity contribution in [1.29, 1.82) is 0 Å². The van der Waals surface area contributed by atoms with Crippen LogP contribution in [0.4, 0.5) is 0 Å². The third-order valence-electron chi connectivity index (χ3n) is 3.82. The van der Waals surface area contributed by atoms with E-state index in [4.69, 9.17) is 14.2 Å². The standard InChI is InChI=1S/C16H22INO4/c1-4-18(10-11-6-5-7-22-11)16(19)12-8-14(20-2)15(21-3)9-13(12)17/h8-9,11H,4-7,10H2,1-3H3. The van der Waals surface area contributed by atoms with Crippen molar-refractivity contribution in [2.24, 2.45) is 0 Å². The van der Waals surface area contributed by atoms with Crippen molar-refractivity contribution in [3.8, 4) is 11.5 Å². The van der Waals surface area contributed by atoms with Crippen molar-refractivity contribution in [2.75, 3.05) is 33.9 Å². The SMILES string of the molecule is CCN(CC1CCCO1)C(=O)c1cc(OC)c(OC)cc1I. The molecule has 0 bridgehead atoms. The summed E-state index contributed by atoms with van der Waals surface area (Å²) < 4.78 is 17.1. The number of methoxy groups -OCH3 is 2. The van der Waals surface area contributed by atoms with Crippen molar-refractivity contribution in [1.82, 2.24) is 4.90 Å². The van der Waals surface area contributed by atoms with E-state index in [1.54, 1.807) is 20.3 Å². The average molecular weight is 419 g/mol. The molecule has 122 valence electrons. The fraction of sp³-hybridized carbons (Fsp3) is 0.562. The second-order valence-corrected chi connectivity index (χ2v) is 6.33. The lowest BCUT2D eigenvalue weighted by Gasteiger charge is -2.25. The number of carbonyl (C=O) groups excluding carboxylic acids is 1. The second-order valence-electron chi connectivity index (χ2n) is 5.17. The molecule has 0 aliphatic carbocycles. The molecular formula is C16H22INO4. The van der Waals surface area contributed by atoms with Crippen LogP contribution in [0.3, 0.4) is 0 Å². The largest absolute Gasteiger partial charge is 0.493 e. The molecule has 1 saturated heterocycles. The summed E-state index contributed by atoms with van der Waals surface area (Å²) in [6.07, 6.45) is 2.25. The summed E-state index contributed by atoms with van der Waals surface area (Å²) >= 11 is 2.16. The molecule has 0 spiro atoms. The van der Waals surface area contributed by atoms with Gasteiger partial charge in [0, 0.05) is 23.3 Å². The fourth-order valence-corrected chi connectivity index (χ4v) is 3.25. The summed E-state index contributed by atoms with van der Waals surface area (Å²) in [4.78, 5) is 14.7. The van der Waals surface area contributed by atoms with Crippen LogP contribution in [0.5, 0.6) is 11.5 Å². The normalized spacial score (nSPS) is 17.4. The molecule has 1 aliphatic heterocycles. The molecule has 0 radical (unpaired) electrons. The first-order chi connectivity index (χ1) is 10.6. The van der Waals surface area contributed by atoms with Gasteiger partial charge in [-0.1, -0.05) is 0 Å². The maximum atomic E-state index is 12.8. The smallest absolute Gasteiger partial charge is 0.255 e. The minimum atomic E-state index is 0.00310. The summed E-state index contributed by atoms with van der Waals surface area (Å²) in [6, 6.07) is 3.58. The molecule has 2 rings (SSSR count).